The van der Waals surface area contributed by atoms with Crippen LogP contribution in [0.5, 0.6) is 0 Å². The number of aromatic nitrogens is 1. The van der Waals surface area contributed by atoms with Gasteiger partial charge in [-0.2, -0.15) is 0 Å². The van der Waals surface area contributed by atoms with Gasteiger partial charge in [-0.15, -0.1) is 12.4 Å². The predicted molar refractivity (Wildman–Crippen MR) is 74.3 cm³/mol. The van der Waals surface area contributed by atoms with Gasteiger partial charge in [0.1, 0.15) is 0 Å². The zero-order chi connectivity index (χ0) is 11.7. The molecule has 0 spiro atoms. The standard InChI is InChI=1S/C13H15N3O.ClH/c17-13(16-7-5-14-6-8-16)11-9-15-12-4-2-1-3-10(11)12;/h1-4,9,14-15H,5-8H2;1H. The molecule has 1 amide bonds. The van der Waals surface area contributed by atoms with E-state index in [0.29, 0.717) is 0 Å². The molecule has 0 saturated carbocycles. The van der Waals surface area contributed by atoms with Gasteiger partial charge in [-0.25, -0.2) is 0 Å². The van der Waals surface area contributed by atoms with Crippen LogP contribution in [0, 0.1) is 0 Å². The number of H-pyrrole nitrogens is 1. The number of fused-ring (bicyclic) bond motifs is 1. The van der Waals surface area contributed by atoms with Gasteiger partial charge >= 0.3 is 0 Å². The maximum Gasteiger partial charge on any atom is 0.256 e. The van der Waals surface area contributed by atoms with Crippen LogP contribution in [-0.2, 0) is 0 Å². The van der Waals surface area contributed by atoms with Crippen molar-refractivity contribution in [3.05, 3.63) is 36.0 Å². The molecule has 2 heterocycles. The summed E-state index contributed by atoms with van der Waals surface area (Å²) in [5.74, 6) is 0.129. The summed E-state index contributed by atoms with van der Waals surface area (Å²) < 4.78 is 0. The summed E-state index contributed by atoms with van der Waals surface area (Å²) in [5.41, 5.74) is 1.80. The zero-order valence-electron chi connectivity index (χ0n) is 9.98. The van der Waals surface area contributed by atoms with E-state index in [1.807, 2.05) is 35.4 Å². The second kappa shape index (κ2) is 5.42. The van der Waals surface area contributed by atoms with E-state index in [-0.39, 0.29) is 18.3 Å². The Bertz CT molecular complexity index is 546. The number of halogens is 1. The lowest BCUT2D eigenvalue weighted by molar-refractivity contribution is 0.0738. The molecule has 1 aromatic heterocycles. The first kappa shape index (κ1) is 12.9. The van der Waals surface area contributed by atoms with E-state index in [9.17, 15) is 4.79 Å². The predicted octanol–water partition coefficient (Wildman–Crippen LogP) is 1.64. The molecule has 2 aromatic rings. The first-order valence-electron chi connectivity index (χ1n) is 5.92. The fourth-order valence-corrected chi connectivity index (χ4v) is 2.29. The van der Waals surface area contributed by atoms with Crippen LogP contribution >= 0.6 is 12.4 Å². The summed E-state index contributed by atoms with van der Waals surface area (Å²) in [6.45, 7) is 3.35. The Morgan fingerprint density at radius 2 is 1.89 bits per heavy atom. The minimum atomic E-state index is 0. The molecule has 0 aliphatic carbocycles. The second-order valence-electron chi connectivity index (χ2n) is 4.29. The molecule has 1 aliphatic rings. The summed E-state index contributed by atoms with van der Waals surface area (Å²) in [7, 11) is 0. The maximum absolute atomic E-state index is 12.4. The van der Waals surface area contributed by atoms with Gasteiger partial charge in [0, 0.05) is 43.3 Å². The number of nitrogens with zero attached hydrogens (tertiary/aromatic N) is 1. The number of amides is 1. The van der Waals surface area contributed by atoms with Gasteiger partial charge in [0.15, 0.2) is 0 Å². The van der Waals surface area contributed by atoms with Crippen molar-refractivity contribution >= 4 is 29.2 Å². The molecule has 2 N–H and O–H groups in total. The van der Waals surface area contributed by atoms with Crippen molar-refractivity contribution in [3.8, 4) is 0 Å². The largest absolute Gasteiger partial charge is 0.360 e. The van der Waals surface area contributed by atoms with Crippen molar-refractivity contribution < 1.29 is 4.79 Å². The number of para-hydroxylation sites is 1. The van der Waals surface area contributed by atoms with Crippen LogP contribution < -0.4 is 5.32 Å². The van der Waals surface area contributed by atoms with Crippen LogP contribution in [0.25, 0.3) is 10.9 Å². The van der Waals surface area contributed by atoms with Gasteiger partial charge in [0.05, 0.1) is 5.56 Å². The van der Waals surface area contributed by atoms with Crippen molar-refractivity contribution in [2.75, 3.05) is 26.2 Å². The number of hydrogen-bond acceptors (Lipinski definition) is 2. The molecule has 4 nitrogen and oxygen atoms in total. The topological polar surface area (TPSA) is 48.1 Å². The Morgan fingerprint density at radius 3 is 2.67 bits per heavy atom. The third-order valence-electron chi connectivity index (χ3n) is 3.22. The third kappa shape index (κ3) is 2.21. The summed E-state index contributed by atoms with van der Waals surface area (Å²) in [4.78, 5) is 17.4. The van der Waals surface area contributed by atoms with Crippen molar-refractivity contribution in [1.82, 2.24) is 15.2 Å². The minimum Gasteiger partial charge on any atom is -0.360 e. The first-order valence-corrected chi connectivity index (χ1v) is 5.92. The smallest absolute Gasteiger partial charge is 0.256 e. The van der Waals surface area contributed by atoms with E-state index < -0.39 is 0 Å². The summed E-state index contributed by atoms with van der Waals surface area (Å²) in [5, 5.41) is 4.26. The Balaban J connectivity index is 0.00000120. The van der Waals surface area contributed by atoms with Crippen molar-refractivity contribution in [3.63, 3.8) is 0 Å². The van der Waals surface area contributed by atoms with Gasteiger partial charge in [-0.1, -0.05) is 18.2 Å². The third-order valence-corrected chi connectivity index (χ3v) is 3.22. The van der Waals surface area contributed by atoms with Crippen molar-refractivity contribution in [2.24, 2.45) is 0 Å². The number of rotatable bonds is 1. The first-order chi connectivity index (χ1) is 8.36. The highest BCUT2D eigenvalue weighted by Gasteiger charge is 2.20. The number of aromatic amines is 1. The average molecular weight is 266 g/mol. The lowest BCUT2D eigenvalue weighted by atomic mass is 10.1. The highest BCUT2D eigenvalue weighted by molar-refractivity contribution is 6.06. The van der Waals surface area contributed by atoms with Crippen LogP contribution in [0.2, 0.25) is 0 Å². The van der Waals surface area contributed by atoms with Crippen LogP contribution in [0.15, 0.2) is 30.5 Å². The Morgan fingerprint density at radius 1 is 1.17 bits per heavy atom. The van der Waals surface area contributed by atoms with Gasteiger partial charge in [-0.05, 0) is 6.07 Å². The second-order valence-corrected chi connectivity index (χ2v) is 4.29. The summed E-state index contributed by atoms with van der Waals surface area (Å²) >= 11 is 0. The van der Waals surface area contributed by atoms with Crippen molar-refractivity contribution in [1.29, 1.82) is 0 Å². The molecule has 18 heavy (non-hydrogen) atoms. The molecule has 96 valence electrons. The van der Waals surface area contributed by atoms with E-state index in [1.54, 1.807) is 0 Å². The Hall–Kier alpha value is -1.52. The molecular weight excluding hydrogens is 250 g/mol. The fraction of sp³-hybridized carbons (Fsp3) is 0.308. The van der Waals surface area contributed by atoms with E-state index >= 15 is 0 Å². The SMILES string of the molecule is Cl.O=C(c1c[nH]c2ccccc12)N1CCNCC1. The van der Waals surface area contributed by atoms with Gasteiger partial charge in [0.25, 0.3) is 5.91 Å². The summed E-state index contributed by atoms with van der Waals surface area (Å²) in [6.07, 6.45) is 1.81. The molecule has 1 aromatic carbocycles. The molecule has 0 radical (unpaired) electrons. The molecular formula is C13H16ClN3O. The Labute approximate surface area is 112 Å². The molecule has 0 atom stereocenters. The minimum absolute atomic E-state index is 0. The highest BCUT2D eigenvalue weighted by Crippen LogP contribution is 2.19. The molecule has 1 fully saturated rings. The number of benzene rings is 1. The van der Waals surface area contributed by atoms with Gasteiger partial charge < -0.3 is 15.2 Å². The number of nitrogens with one attached hydrogen (secondary N) is 2. The van der Waals surface area contributed by atoms with Crippen LogP contribution in [0.1, 0.15) is 10.4 Å². The molecule has 0 bridgehead atoms. The molecule has 5 heteroatoms. The summed E-state index contributed by atoms with van der Waals surface area (Å²) in [6, 6.07) is 7.91. The van der Waals surface area contributed by atoms with E-state index in [1.165, 1.54) is 0 Å². The molecule has 3 rings (SSSR count). The maximum atomic E-state index is 12.4. The fourth-order valence-electron chi connectivity index (χ4n) is 2.29. The number of piperazine rings is 1. The Kier molecular flexibility index (Phi) is 3.89. The molecule has 1 saturated heterocycles. The van der Waals surface area contributed by atoms with Gasteiger partial charge in [-0.3, -0.25) is 4.79 Å². The molecule has 0 unspecified atom stereocenters. The number of hydrogen-bond donors (Lipinski definition) is 2. The van der Waals surface area contributed by atoms with Gasteiger partial charge in [0.2, 0.25) is 0 Å². The van der Waals surface area contributed by atoms with Crippen LogP contribution in [0.4, 0.5) is 0 Å². The van der Waals surface area contributed by atoms with E-state index in [0.717, 1.165) is 42.6 Å². The van der Waals surface area contributed by atoms with Crippen molar-refractivity contribution in [2.45, 2.75) is 0 Å². The number of carbonyl (C=O) groups is 1. The van der Waals surface area contributed by atoms with E-state index in [4.69, 9.17) is 0 Å². The average Bonchev–Trinajstić information content (AvgIpc) is 2.83. The quantitative estimate of drug-likeness (QED) is 0.824. The lowest BCUT2D eigenvalue weighted by Gasteiger charge is -2.27. The lowest BCUT2D eigenvalue weighted by Crippen LogP contribution is -2.46. The highest BCUT2D eigenvalue weighted by atomic mass is 35.5. The zero-order valence-corrected chi connectivity index (χ0v) is 10.8. The van der Waals surface area contributed by atoms with Crippen LogP contribution in [-0.4, -0.2) is 42.0 Å². The monoisotopic (exact) mass is 265 g/mol. The normalized spacial score (nSPS) is 15.4. The van der Waals surface area contributed by atoms with Crippen LogP contribution in [0.3, 0.4) is 0 Å². The molecule has 1 aliphatic heterocycles. The number of carbonyl (C=O) groups excluding carboxylic acids is 1. The van der Waals surface area contributed by atoms with E-state index in [2.05, 4.69) is 10.3 Å².